The Balaban J connectivity index is 1.63. The molecule has 0 aliphatic heterocycles. The van der Waals surface area contributed by atoms with Crippen LogP contribution in [0.2, 0.25) is 0 Å². The number of amides is 2. The number of alkyl halides is 3. The topological polar surface area (TPSA) is 82.2 Å². The monoisotopic (exact) mass is 430 g/mol. The van der Waals surface area contributed by atoms with E-state index in [0.717, 1.165) is 23.6 Å². The molecule has 0 saturated carbocycles. The molecule has 0 unspecified atom stereocenters. The van der Waals surface area contributed by atoms with E-state index in [1.165, 1.54) is 12.1 Å². The number of carbonyl (C=O) groups excluding carboxylic acids is 1. The lowest BCUT2D eigenvalue weighted by Gasteiger charge is -2.14. The number of aryl methyl sites for hydroxylation is 1. The zero-order valence-electron chi connectivity index (χ0n) is 17.1. The van der Waals surface area contributed by atoms with Gasteiger partial charge >= 0.3 is 12.2 Å². The van der Waals surface area contributed by atoms with Gasteiger partial charge in [0.15, 0.2) is 0 Å². The maximum atomic E-state index is 12.8. The van der Waals surface area contributed by atoms with Gasteiger partial charge in [0, 0.05) is 42.9 Å². The second-order valence-electron chi connectivity index (χ2n) is 6.95. The fourth-order valence-electron chi connectivity index (χ4n) is 2.67. The third kappa shape index (κ3) is 6.08. The molecule has 31 heavy (non-hydrogen) atoms. The molecule has 0 atom stereocenters. The molecule has 0 spiro atoms. The zero-order chi connectivity index (χ0) is 22.6. The number of halogens is 3. The molecular formula is C21H21F3N6O. The fraction of sp³-hybridized carbons (Fsp3) is 0.190. The Bertz CT molecular complexity index is 1070. The minimum atomic E-state index is -4.48. The molecule has 0 aliphatic rings. The van der Waals surface area contributed by atoms with Crippen molar-refractivity contribution in [1.82, 2.24) is 9.97 Å². The van der Waals surface area contributed by atoms with E-state index in [-0.39, 0.29) is 5.69 Å². The normalized spacial score (nSPS) is 11.0. The molecule has 1 heterocycles. The molecule has 10 heteroatoms. The molecule has 0 radical (unpaired) electrons. The van der Waals surface area contributed by atoms with Crippen LogP contribution in [0.1, 0.15) is 11.3 Å². The Morgan fingerprint density at radius 1 is 0.903 bits per heavy atom. The summed E-state index contributed by atoms with van der Waals surface area (Å²) in [5.41, 5.74) is 1.19. The summed E-state index contributed by atoms with van der Waals surface area (Å²) < 4.78 is 38.4. The second kappa shape index (κ2) is 8.90. The third-order valence-corrected chi connectivity index (χ3v) is 4.15. The number of anilines is 5. The Morgan fingerprint density at radius 2 is 1.55 bits per heavy atom. The van der Waals surface area contributed by atoms with E-state index in [0.29, 0.717) is 17.3 Å². The number of aromatic nitrogens is 2. The Kier molecular flexibility index (Phi) is 6.28. The summed E-state index contributed by atoms with van der Waals surface area (Å²) in [6, 6.07) is 12.4. The SMILES string of the molecule is Cc1cc(N(C)C)nc(Nc2ccc(NC(=O)Nc3cccc(C(F)(F)F)c3)cc2)n1. The molecule has 162 valence electrons. The molecular weight excluding hydrogens is 409 g/mol. The minimum Gasteiger partial charge on any atom is -0.363 e. The van der Waals surface area contributed by atoms with Crippen LogP contribution in [0, 0.1) is 6.92 Å². The van der Waals surface area contributed by atoms with Gasteiger partial charge in [0.2, 0.25) is 5.95 Å². The molecule has 1 aromatic heterocycles. The Hall–Kier alpha value is -3.82. The molecule has 3 aromatic rings. The quantitative estimate of drug-likeness (QED) is 0.515. The van der Waals surface area contributed by atoms with E-state index in [1.54, 1.807) is 24.3 Å². The Morgan fingerprint density at radius 3 is 2.19 bits per heavy atom. The lowest BCUT2D eigenvalue weighted by atomic mass is 10.2. The number of carbonyl (C=O) groups is 1. The highest BCUT2D eigenvalue weighted by molar-refractivity contribution is 5.99. The van der Waals surface area contributed by atoms with Gasteiger partial charge in [-0.1, -0.05) is 6.07 Å². The van der Waals surface area contributed by atoms with Crippen molar-refractivity contribution in [2.45, 2.75) is 13.1 Å². The lowest BCUT2D eigenvalue weighted by Crippen LogP contribution is -2.19. The number of nitrogens with zero attached hydrogens (tertiary/aromatic N) is 3. The number of rotatable bonds is 5. The highest BCUT2D eigenvalue weighted by atomic mass is 19.4. The first-order valence-corrected chi connectivity index (χ1v) is 9.25. The molecule has 0 aliphatic carbocycles. The van der Waals surface area contributed by atoms with Crippen LogP contribution in [0.4, 0.5) is 46.8 Å². The van der Waals surface area contributed by atoms with E-state index in [2.05, 4.69) is 25.9 Å². The zero-order valence-corrected chi connectivity index (χ0v) is 17.1. The fourth-order valence-corrected chi connectivity index (χ4v) is 2.67. The van der Waals surface area contributed by atoms with Crippen molar-refractivity contribution in [3.8, 4) is 0 Å². The summed E-state index contributed by atoms with van der Waals surface area (Å²) in [5.74, 6) is 1.20. The summed E-state index contributed by atoms with van der Waals surface area (Å²) in [7, 11) is 3.77. The van der Waals surface area contributed by atoms with Gasteiger partial charge in [-0.25, -0.2) is 9.78 Å². The Labute approximate surface area is 177 Å². The molecule has 7 nitrogen and oxygen atoms in total. The number of hydrogen-bond donors (Lipinski definition) is 3. The van der Waals surface area contributed by atoms with Crippen LogP contribution < -0.4 is 20.9 Å². The van der Waals surface area contributed by atoms with Gasteiger partial charge < -0.3 is 20.9 Å². The van der Waals surface area contributed by atoms with Crippen LogP contribution >= 0.6 is 0 Å². The number of benzene rings is 2. The second-order valence-corrected chi connectivity index (χ2v) is 6.95. The van der Waals surface area contributed by atoms with Crippen LogP contribution in [0.15, 0.2) is 54.6 Å². The van der Waals surface area contributed by atoms with Crippen molar-refractivity contribution in [2.24, 2.45) is 0 Å². The summed E-state index contributed by atoms with van der Waals surface area (Å²) >= 11 is 0. The van der Waals surface area contributed by atoms with Gasteiger partial charge in [-0.05, 0) is 49.4 Å². The van der Waals surface area contributed by atoms with Crippen LogP contribution in [0.3, 0.4) is 0 Å². The summed E-state index contributed by atoms with van der Waals surface area (Å²) in [6.45, 7) is 1.87. The van der Waals surface area contributed by atoms with Crippen LogP contribution in [0.25, 0.3) is 0 Å². The first-order chi connectivity index (χ1) is 14.6. The van der Waals surface area contributed by atoms with Crippen molar-refractivity contribution < 1.29 is 18.0 Å². The highest BCUT2D eigenvalue weighted by Crippen LogP contribution is 2.30. The summed E-state index contributed by atoms with van der Waals surface area (Å²) in [5, 5.41) is 8.06. The van der Waals surface area contributed by atoms with Crippen molar-refractivity contribution in [3.63, 3.8) is 0 Å². The van der Waals surface area contributed by atoms with E-state index in [1.807, 2.05) is 32.0 Å². The van der Waals surface area contributed by atoms with E-state index < -0.39 is 17.8 Å². The van der Waals surface area contributed by atoms with Crippen LogP contribution in [0.5, 0.6) is 0 Å². The van der Waals surface area contributed by atoms with Crippen LogP contribution in [-0.2, 0) is 6.18 Å². The smallest absolute Gasteiger partial charge is 0.363 e. The maximum Gasteiger partial charge on any atom is 0.416 e. The van der Waals surface area contributed by atoms with Crippen molar-refractivity contribution in [2.75, 3.05) is 34.9 Å². The van der Waals surface area contributed by atoms with Gasteiger partial charge in [0.1, 0.15) is 5.82 Å². The van der Waals surface area contributed by atoms with Gasteiger partial charge in [-0.2, -0.15) is 18.2 Å². The highest BCUT2D eigenvalue weighted by Gasteiger charge is 2.30. The minimum absolute atomic E-state index is 0.0407. The number of nitrogens with one attached hydrogen (secondary N) is 3. The first-order valence-electron chi connectivity index (χ1n) is 9.25. The average Bonchev–Trinajstić information content (AvgIpc) is 2.68. The molecule has 2 amide bonds. The van der Waals surface area contributed by atoms with Gasteiger partial charge in [0.25, 0.3) is 0 Å². The first kappa shape index (κ1) is 21.9. The number of hydrogen-bond acceptors (Lipinski definition) is 5. The molecule has 3 N–H and O–H groups in total. The van der Waals surface area contributed by atoms with E-state index in [4.69, 9.17) is 0 Å². The van der Waals surface area contributed by atoms with Crippen molar-refractivity contribution >= 4 is 34.9 Å². The van der Waals surface area contributed by atoms with E-state index in [9.17, 15) is 18.0 Å². The molecule has 3 rings (SSSR count). The molecule has 0 fully saturated rings. The van der Waals surface area contributed by atoms with Crippen molar-refractivity contribution in [3.05, 3.63) is 65.9 Å². The van der Waals surface area contributed by atoms with E-state index >= 15 is 0 Å². The molecule has 0 bridgehead atoms. The standard InChI is InChI=1S/C21H21F3N6O/c1-13-11-18(30(2)3)29-19(25-13)26-15-7-9-16(10-8-15)27-20(31)28-17-6-4-5-14(12-17)21(22,23)24/h4-12H,1-3H3,(H,25,26,29)(H2,27,28,31). The van der Waals surface area contributed by atoms with Gasteiger partial charge in [0.05, 0.1) is 5.56 Å². The summed E-state index contributed by atoms with van der Waals surface area (Å²) in [6.07, 6.45) is -4.48. The van der Waals surface area contributed by atoms with Crippen molar-refractivity contribution in [1.29, 1.82) is 0 Å². The van der Waals surface area contributed by atoms with Gasteiger partial charge in [-0.3, -0.25) is 0 Å². The molecule has 0 saturated heterocycles. The maximum absolute atomic E-state index is 12.8. The number of urea groups is 1. The third-order valence-electron chi connectivity index (χ3n) is 4.15. The predicted octanol–water partition coefficient (Wildman–Crippen LogP) is 5.26. The predicted molar refractivity (Wildman–Crippen MR) is 115 cm³/mol. The summed E-state index contributed by atoms with van der Waals surface area (Å²) in [4.78, 5) is 22.7. The van der Waals surface area contributed by atoms with Gasteiger partial charge in [-0.15, -0.1) is 0 Å². The van der Waals surface area contributed by atoms with Crippen LogP contribution in [-0.4, -0.2) is 30.1 Å². The molecule has 2 aromatic carbocycles. The lowest BCUT2D eigenvalue weighted by molar-refractivity contribution is -0.137. The average molecular weight is 430 g/mol. The largest absolute Gasteiger partial charge is 0.416 e.